The lowest BCUT2D eigenvalue weighted by Crippen LogP contribution is -2.48. The van der Waals surface area contributed by atoms with Crippen molar-refractivity contribution in [3.8, 4) is 5.75 Å². The van der Waals surface area contributed by atoms with Crippen molar-refractivity contribution in [1.82, 2.24) is 10.2 Å². The fraction of sp³-hybridized carbons (Fsp3) is 0.500. The molecule has 112 valence electrons. The average molecular weight is 288 g/mol. The molecule has 0 spiro atoms. The molecule has 21 heavy (non-hydrogen) atoms. The molecule has 2 aliphatic rings. The highest BCUT2D eigenvalue weighted by Crippen LogP contribution is 2.41. The standard InChI is InChI=1S/C16H20N2O3/c1-18-15(19)9-13(16(18)20)17-11-7-10(8-11)12-5-3-4-6-14(12)21-2/h3-6,10-11,13,17H,7-9H2,1-2H3. The van der Waals surface area contributed by atoms with Crippen molar-refractivity contribution >= 4 is 11.8 Å². The first-order valence-corrected chi connectivity index (χ1v) is 7.29. The molecule has 1 N–H and O–H groups in total. The van der Waals surface area contributed by atoms with E-state index in [1.54, 1.807) is 14.2 Å². The molecular weight excluding hydrogens is 268 g/mol. The lowest BCUT2D eigenvalue weighted by Gasteiger charge is -2.38. The predicted octanol–water partition coefficient (Wildman–Crippen LogP) is 1.29. The van der Waals surface area contributed by atoms with Crippen LogP contribution in [0.2, 0.25) is 0 Å². The van der Waals surface area contributed by atoms with Gasteiger partial charge in [0.15, 0.2) is 0 Å². The number of hydrogen-bond donors (Lipinski definition) is 1. The minimum atomic E-state index is -0.342. The summed E-state index contributed by atoms with van der Waals surface area (Å²) >= 11 is 0. The molecule has 0 radical (unpaired) electrons. The van der Waals surface area contributed by atoms with Crippen molar-refractivity contribution < 1.29 is 14.3 Å². The quantitative estimate of drug-likeness (QED) is 0.848. The third-order valence-electron chi connectivity index (χ3n) is 4.54. The molecule has 1 aliphatic heterocycles. The molecule has 1 saturated heterocycles. The Morgan fingerprint density at radius 3 is 2.57 bits per heavy atom. The number of carbonyl (C=O) groups excluding carboxylic acids is 2. The van der Waals surface area contributed by atoms with Gasteiger partial charge < -0.3 is 10.1 Å². The Bertz CT molecular complexity index is 566. The van der Waals surface area contributed by atoms with E-state index < -0.39 is 0 Å². The van der Waals surface area contributed by atoms with Crippen molar-refractivity contribution in [3.05, 3.63) is 29.8 Å². The fourth-order valence-electron chi connectivity index (χ4n) is 3.18. The van der Waals surface area contributed by atoms with Crippen LogP contribution in [-0.2, 0) is 9.59 Å². The number of para-hydroxylation sites is 1. The molecule has 1 heterocycles. The highest BCUT2D eigenvalue weighted by molar-refractivity contribution is 6.05. The number of ether oxygens (including phenoxy) is 1. The van der Waals surface area contributed by atoms with E-state index in [0.29, 0.717) is 12.0 Å². The second kappa shape index (κ2) is 5.48. The van der Waals surface area contributed by atoms with Gasteiger partial charge in [0, 0.05) is 13.1 Å². The second-order valence-electron chi connectivity index (χ2n) is 5.82. The van der Waals surface area contributed by atoms with Gasteiger partial charge in [0.05, 0.1) is 19.6 Å². The monoisotopic (exact) mass is 288 g/mol. The van der Waals surface area contributed by atoms with E-state index in [1.807, 2.05) is 18.2 Å². The smallest absolute Gasteiger partial charge is 0.246 e. The largest absolute Gasteiger partial charge is 0.496 e. The van der Waals surface area contributed by atoms with Crippen LogP contribution in [0.4, 0.5) is 0 Å². The molecule has 1 unspecified atom stereocenters. The summed E-state index contributed by atoms with van der Waals surface area (Å²) in [5.74, 6) is 1.18. The molecule has 5 heteroatoms. The zero-order chi connectivity index (χ0) is 15.0. The van der Waals surface area contributed by atoms with Crippen molar-refractivity contribution in [3.63, 3.8) is 0 Å². The highest BCUT2D eigenvalue weighted by Gasteiger charge is 2.40. The normalized spacial score (nSPS) is 28.7. The summed E-state index contributed by atoms with van der Waals surface area (Å²) in [6.07, 6.45) is 2.23. The van der Waals surface area contributed by atoms with E-state index >= 15 is 0 Å². The van der Waals surface area contributed by atoms with Gasteiger partial charge >= 0.3 is 0 Å². The number of methoxy groups -OCH3 is 1. The second-order valence-corrected chi connectivity index (χ2v) is 5.82. The first-order chi connectivity index (χ1) is 10.1. The zero-order valence-electron chi connectivity index (χ0n) is 12.3. The number of amides is 2. The minimum absolute atomic E-state index is 0.0990. The maximum atomic E-state index is 11.9. The van der Waals surface area contributed by atoms with E-state index in [0.717, 1.165) is 18.6 Å². The molecule has 5 nitrogen and oxygen atoms in total. The summed E-state index contributed by atoms with van der Waals surface area (Å²) in [6, 6.07) is 8.02. The number of likely N-dealkylation sites (N-methyl/N-ethyl adjacent to an activating group) is 1. The Morgan fingerprint density at radius 2 is 1.95 bits per heavy atom. The molecule has 1 aromatic carbocycles. The van der Waals surface area contributed by atoms with Gasteiger partial charge in [-0.1, -0.05) is 18.2 Å². The predicted molar refractivity (Wildman–Crippen MR) is 78.1 cm³/mol. The summed E-state index contributed by atoms with van der Waals surface area (Å²) in [5, 5.41) is 3.31. The number of hydrogen-bond acceptors (Lipinski definition) is 4. The summed E-state index contributed by atoms with van der Waals surface area (Å²) in [4.78, 5) is 24.6. The average Bonchev–Trinajstić information content (AvgIpc) is 2.70. The van der Waals surface area contributed by atoms with Crippen molar-refractivity contribution in [1.29, 1.82) is 0 Å². The van der Waals surface area contributed by atoms with Gasteiger partial charge in [-0.15, -0.1) is 0 Å². The Morgan fingerprint density at radius 1 is 1.24 bits per heavy atom. The lowest BCUT2D eigenvalue weighted by molar-refractivity contribution is -0.137. The molecule has 3 rings (SSSR count). The molecule has 0 aromatic heterocycles. The van der Waals surface area contributed by atoms with Crippen LogP contribution < -0.4 is 10.1 Å². The van der Waals surface area contributed by atoms with Gasteiger partial charge in [-0.2, -0.15) is 0 Å². The van der Waals surface area contributed by atoms with Gasteiger partial charge in [0.25, 0.3) is 0 Å². The van der Waals surface area contributed by atoms with E-state index in [4.69, 9.17) is 4.74 Å². The number of nitrogens with one attached hydrogen (secondary N) is 1. The molecule has 2 amide bonds. The third kappa shape index (κ3) is 2.53. The summed E-state index contributed by atoms with van der Waals surface area (Å²) in [7, 11) is 3.23. The molecule has 1 saturated carbocycles. The van der Waals surface area contributed by atoms with Crippen LogP contribution in [0.15, 0.2) is 24.3 Å². The van der Waals surface area contributed by atoms with E-state index in [9.17, 15) is 9.59 Å². The topological polar surface area (TPSA) is 58.6 Å². The number of nitrogens with zero attached hydrogens (tertiary/aromatic N) is 1. The van der Waals surface area contributed by atoms with E-state index in [-0.39, 0.29) is 24.3 Å². The molecule has 1 aliphatic carbocycles. The van der Waals surface area contributed by atoms with Gasteiger partial charge in [0.1, 0.15) is 5.75 Å². The Kier molecular flexibility index (Phi) is 3.68. The van der Waals surface area contributed by atoms with Gasteiger partial charge in [-0.25, -0.2) is 0 Å². The van der Waals surface area contributed by atoms with Crippen LogP contribution >= 0.6 is 0 Å². The third-order valence-corrected chi connectivity index (χ3v) is 4.54. The number of rotatable bonds is 4. The Labute approximate surface area is 124 Å². The number of carbonyl (C=O) groups is 2. The first kappa shape index (κ1) is 14.1. The maximum Gasteiger partial charge on any atom is 0.246 e. The number of imide groups is 1. The van der Waals surface area contributed by atoms with Crippen LogP contribution in [-0.4, -0.2) is 43.0 Å². The van der Waals surface area contributed by atoms with Crippen LogP contribution in [0.25, 0.3) is 0 Å². The van der Waals surface area contributed by atoms with Crippen molar-refractivity contribution in [2.45, 2.75) is 37.3 Å². The van der Waals surface area contributed by atoms with E-state index in [2.05, 4.69) is 11.4 Å². The van der Waals surface area contributed by atoms with Crippen molar-refractivity contribution in [2.24, 2.45) is 0 Å². The molecule has 1 aromatic rings. The fourth-order valence-corrected chi connectivity index (χ4v) is 3.18. The van der Waals surface area contributed by atoms with Crippen LogP contribution in [0.5, 0.6) is 5.75 Å². The number of benzene rings is 1. The lowest BCUT2D eigenvalue weighted by atomic mass is 9.75. The first-order valence-electron chi connectivity index (χ1n) is 7.29. The van der Waals surface area contributed by atoms with Gasteiger partial charge in [-0.05, 0) is 30.4 Å². The Hall–Kier alpha value is -1.88. The van der Waals surface area contributed by atoms with E-state index in [1.165, 1.54) is 10.5 Å². The van der Waals surface area contributed by atoms with Crippen LogP contribution in [0, 0.1) is 0 Å². The van der Waals surface area contributed by atoms with Gasteiger partial charge in [-0.3, -0.25) is 14.5 Å². The van der Waals surface area contributed by atoms with Crippen LogP contribution in [0.1, 0.15) is 30.7 Å². The summed E-state index contributed by atoms with van der Waals surface area (Å²) < 4.78 is 5.39. The maximum absolute atomic E-state index is 11.9. The number of likely N-dealkylation sites (tertiary alicyclic amines) is 1. The Balaban J connectivity index is 1.57. The van der Waals surface area contributed by atoms with Crippen molar-refractivity contribution in [2.75, 3.05) is 14.2 Å². The SMILES string of the molecule is COc1ccccc1C1CC(NC2CC(=O)N(C)C2=O)C1. The highest BCUT2D eigenvalue weighted by atomic mass is 16.5. The zero-order valence-corrected chi connectivity index (χ0v) is 12.3. The molecule has 0 bridgehead atoms. The molecule has 1 atom stereocenters. The van der Waals surface area contributed by atoms with Crippen LogP contribution in [0.3, 0.4) is 0 Å². The molecule has 2 fully saturated rings. The summed E-state index contributed by atoms with van der Waals surface area (Å²) in [5.41, 5.74) is 1.23. The minimum Gasteiger partial charge on any atom is -0.496 e. The van der Waals surface area contributed by atoms with Gasteiger partial charge in [0.2, 0.25) is 11.8 Å². The molecular formula is C16H20N2O3. The summed E-state index contributed by atoms with van der Waals surface area (Å²) in [6.45, 7) is 0.